The fourth-order valence-corrected chi connectivity index (χ4v) is 2.25. The van der Waals surface area contributed by atoms with Gasteiger partial charge in [-0.05, 0) is 12.8 Å². The molecule has 0 amide bonds. The molecule has 5 heteroatoms. The number of aliphatic hydroxyl groups excluding tert-OH is 2. The van der Waals surface area contributed by atoms with Crippen molar-refractivity contribution < 1.29 is 24.4 Å². The van der Waals surface area contributed by atoms with Crippen LogP contribution in [-0.2, 0) is 14.2 Å². The summed E-state index contributed by atoms with van der Waals surface area (Å²) in [5.41, 5.74) is -0.534. The van der Waals surface area contributed by atoms with E-state index in [1.165, 1.54) is 12.2 Å². The molecule has 0 saturated carbocycles. The van der Waals surface area contributed by atoms with Crippen molar-refractivity contribution in [1.82, 2.24) is 0 Å². The van der Waals surface area contributed by atoms with Gasteiger partial charge in [0.1, 0.15) is 0 Å². The summed E-state index contributed by atoms with van der Waals surface area (Å²) in [6, 6.07) is 0. The average Bonchev–Trinajstić information content (AvgIpc) is 2.70. The SMILES string of the molecule is C#C.C=CCOC.C=CCOCC(COCC=C)(CC(O)C=C)CC(O)C=C. The van der Waals surface area contributed by atoms with Crippen LogP contribution < -0.4 is 0 Å². The molecule has 0 radical (unpaired) electrons. The molecule has 0 rings (SSSR count). The van der Waals surface area contributed by atoms with Crippen LogP contribution in [0.4, 0.5) is 0 Å². The van der Waals surface area contributed by atoms with Crippen LogP contribution in [0.2, 0.25) is 0 Å². The lowest BCUT2D eigenvalue weighted by molar-refractivity contribution is -0.0500. The van der Waals surface area contributed by atoms with Crippen molar-refractivity contribution in [2.45, 2.75) is 25.0 Å². The second kappa shape index (κ2) is 23.1. The van der Waals surface area contributed by atoms with Gasteiger partial charge in [0.15, 0.2) is 0 Å². The highest BCUT2D eigenvalue weighted by Gasteiger charge is 2.34. The molecular weight excluding hydrogens is 356 g/mol. The van der Waals surface area contributed by atoms with Crippen molar-refractivity contribution in [1.29, 1.82) is 0 Å². The smallest absolute Gasteiger partial charge is 0.0725 e. The molecule has 2 unspecified atom stereocenters. The Hall–Kier alpha value is -1.94. The van der Waals surface area contributed by atoms with E-state index >= 15 is 0 Å². The molecule has 0 aliphatic carbocycles. The Morgan fingerprint density at radius 2 is 1.14 bits per heavy atom. The van der Waals surface area contributed by atoms with E-state index in [2.05, 4.69) is 50.5 Å². The average molecular weight is 395 g/mol. The Labute approximate surface area is 171 Å². The van der Waals surface area contributed by atoms with Gasteiger partial charge in [0, 0.05) is 12.5 Å². The van der Waals surface area contributed by atoms with Crippen LogP contribution in [0.5, 0.6) is 0 Å². The Morgan fingerprint density at radius 3 is 1.36 bits per heavy atom. The first-order valence-electron chi connectivity index (χ1n) is 8.86. The number of hydrogen-bond acceptors (Lipinski definition) is 5. The number of terminal acetylenes is 1. The lowest BCUT2D eigenvalue weighted by Crippen LogP contribution is -2.38. The van der Waals surface area contributed by atoms with Crippen molar-refractivity contribution in [3.8, 4) is 12.8 Å². The standard InChI is InChI=1S/C17H28O4.C4H8O.C2H2/c1-5-9-20-13-17(11-15(18)7-3,12-16(19)8-4)14-21-10-6-2;1-3-4-5-2;1-2/h5-8,15-16,18-19H,1-4,9-14H2;3H,1,4H2,2H3;1-2H. The Bertz CT molecular complexity index is 396. The van der Waals surface area contributed by atoms with Crippen LogP contribution in [0.15, 0.2) is 63.3 Å². The van der Waals surface area contributed by atoms with Crippen LogP contribution in [0.25, 0.3) is 0 Å². The van der Waals surface area contributed by atoms with Crippen molar-refractivity contribution in [3.05, 3.63) is 63.3 Å². The molecule has 160 valence electrons. The summed E-state index contributed by atoms with van der Waals surface area (Å²) in [6.07, 6.45) is 15.3. The van der Waals surface area contributed by atoms with Crippen LogP contribution in [0, 0.1) is 18.3 Å². The van der Waals surface area contributed by atoms with Gasteiger partial charge in [-0.2, -0.15) is 0 Å². The molecule has 0 bridgehead atoms. The number of hydrogen-bond donors (Lipinski definition) is 2. The maximum Gasteiger partial charge on any atom is 0.0725 e. The van der Waals surface area contributed by atoms with Gasteiger partial charge in [0.2, 0.25) is 0 Å². The van der Waals surface area contributed by atoms with Crippen LogP contribution in [0.3, 0.4) is 0 Å². The molecule has 0 spiro atoms. The van der Waals surface area contributed by atoms with Crippen molar-refractivity contribution in [3.63, 3.8) is 0 Å². The highest BCUT2D eigenvalue weighted by Crippen LogP contribution is 2.32. The molecule has 28 heavy (non-hydrogen) atoms. The molecule has 0 heterocycles. The van der Waals surface area contributed by atoms with Crippen molar-refractivity contribution in [2.24, 2.45) is 5.41 Å². The molecule has 0 aliphatic rings. The zero-order chi connectivity index (χ0) is 22.3. The van der Waals surface area contributed by atoms with E-state index in [4.69, 9.17) is 9.47 Å². The van der Waals surface area contributed by atoms with Gasteiger partial charge >= 0.3 is 0 Å². The zero-order valence-electron chi connectivity index (χ0n) is 17.3. The first-order chi connectivity index (χ1) is 13.4. The lowest BCUT2D eigenvalue weighted by atomic mass is 9.78. The second-order valence-electron chi connectivity index (χ2n) is 5.87. The summed E-state index contributed by atoms with van der Waals surface area (Å²) in [5, 5.41) is 19.8. The topological polar surface area (TPSA) is 68.2 Å². The van der Waals surface area contributed by atoms with Crippen LogP contribution in [0.1, 0.15) is 12.8 Å². The summed E-state index contributed by atoms with van der Waals surface area (Å²) < 4.78 is 15.7. The molecular formula is C23H38O5. The van der Waals surface area contributed by atoms with E-state index in [-0.39, 0.29) is 0 Å². The minimum absolute atomic E-state index is 0.339. The first-order valence-corrected chi connectivity index (χ1v) is 8.86. The number of methoxy groups -OCH3 is 1. The van der Waals surface area contributed by atoms with Crippen molar-refractivity contribution in [2.75, 3.05) is 40.1 Å². The summed E-state index contributed by atoms with van der Waals surface area (Å²) >= 11 is 0. The maximum absolute atomic E-state index is 9.92. The van der Waals surface area contributed by atoms with E-state index in [0.717, 1.165) is 0 Å². The molecule has 0 aromatic carbocycles. The van der Waals surface area contributed by atoms with Gasteiger partial charge in [-0.1, -0.05) is 30.4 Å². The third-order valence-electron chi connectivity index (χ3n) is 3.40. The number of ether oxygens (including phenoxy) is 3. The van der Waals surface area contributed by atoms with Gasteiger partial charge in [0.25, 0.3) is 0 Å². The minimum atomic E-state index is -0.693. The van der Waals surface area contributed by atoms with Gasteiger partial charge in [-0.25, -0.2) is 0 Å². The second-order valence-corrected chi connectivity index (χ2v) is 5.87. The number of aliphatic hydroxyl groups is 2. The Balaban J connectivity index is -0.000000767. The Kier molecular flexibility index (Phi) is 25.4. The largest absolute Gasteiger partial charge is 0.389 e. The molecule has 0 fully saturated rings. The van der Waals surface area contributed by atoms with E-state index < -0.39 is 17.6 Å². The maximum atomic E-state index is 9.92. The molecule has 0 aromatic rings. The molecule has 5 nitrogen and oxygen atoms in total. The van der Waals surface area contributed by atoms with Crippen LogP contribution >= 0.6 is 0 Å². The normalized spacial score (nSPS) is 12.0. The molecule has 2 atom stereocenters. The number of rotatable bonds is 16. The lowest BCUT2D eigenvalue weighted by Gasteiger charge is -2.35. The van der Waals surface area contributed by atoms with E-state index in [0.29, 0.717) is 45.9 Å². The van der Waals surface area contributed by atoms with Gasteiger partial charge in [0.05, 0.1) is 45.2 Å². The summed E-state index contributed by atoms with van der Waals surface area (Å²) in [5.74, 6) is 0. The van der Waals surface area contributed by atoms with E-state index in [1.54, 1.807) is 25.3 Å². The quantitative estimate of drug-likeness (QED) is 0.239. The highest BCUT2D eigenvalue weighted by atomic mass is 16.5. The predicted molar refractivity (Wildman–Crippen MR) is 118 cm³/mol. The van der Waals surface area contributed by atoms with Crippen molar-refractivity contribution >= 4 is 0 Å². The third kappa shape index (κ3) is 18.8. The highest BCUT2D eigenvalue weighted by molar-refractivity contribution is 4.94. The Morgan fingerprint density at radius 1 is 0.786 bits per heavy atom. The van der Waals surface area contributed by atoms with Gasteiger partial charge in [-0.15, -0.1) is 45.7 Å². The zero-order valence-corrected chi connectivity index (χ0v) is 17.3. The molecule has 0 aromatic heterocycles. The van der Waals surface area contributed by atoms with Gasteiger partial charge in [-0.3, -0.25) is 0 Å². The summed E-state index contributed by atoms with van der Waals surface area (Å²) in [4.78, 5) is 0. The first kappa shape index (κ1) is 30.8. The van der Waals surface area contributed by atoms with Crippen LogP contribution in [-0.4, -0.2) is 62.6 Å². The predicted octanol–water partition coefficient (Wildman–Crippen LogP) is 3.32. The third-order valence-corrected chi connectivity index (χ3v) is 3.40. The van der Waals surface area contributed by atoms with E-state index in [9.17, 15) is 10.2 Å². The van der Waals surface area contributed by atoms with E-state index in [1.807, 2.05) is 0 Å². The fourth-order valence-electron chi connectivity index (χ4n) is 2.25. The summed E-state index contributed by atoms with van der Waals surface area (Å²) in [6.45, 7) is 20.0. The minimum Gasteiger partial charge on any atom is -0.389 e. The molecule has 2 N–H and O–H groups in total. The fraction of sp³-hybridized carbons (Fsp3) is 0.478. The summed E-state index contributed by atoms with van der Waals surface area (Å²) in [7, 11) is 1.64. The molecule has 0 aliphatic heterocycles. The monoisotopic (exact) mass is 394 g/mol. The molecule has 0 saturated heterocycles. The van der Waals surface area contributed by atoms with Gasteiger partial charge < -0.3 is 24.4 Å².